The highest BCUT2D eigenvalue weighted by Crippen LogP contribution is 2.49. The van der Waals surface area contributed by atoms with Crippen LogP contribution < -0.4 is 5.32 Å². The van der Waals surface area contributed by atoms with Crippen molar-refractivity contribution >= 4 is 27.6 Å². The van der Waals surface area contributed by atoms with Gasteiger partial charge in [0.1, 0.15) is 0 Å². The molecule has 1 heterocycles. The van der Waals surface area contributed by atoms with Gasteiger partial charge in [0.25, 0.3) is 5.91 Å². The number of carbonyl (C=O) groups excluding carboxylic acids is 2. The van der Waals surface area contributed by atoms with Crippen LogP contribution in [0.25, 0.3) is 0 Å². The molecule has 0 unspecified atom stereocenters. The minimum Gasteiger partial charge on any atom is -0.456 e. The van der Waals surface area contributed by atoms with Crippen LogP contribution in [-0.2, 0) is 24.3 Å². The molecule has 1 N–H and O–H groups in total. The summed E-state index contributed by atoms with van der Waals surface area (Å²) in [6.07, 6.45) is 7.02. The van der Waals surface area contributed by atoms with Crippen molar-refractivity contribution in [3.05, 3.63) is 24.3 Å². The second-order valence-corrected chi connectivity index (χ2v) is 10.4. The Bertz CT molecular complexity index is 862. The molecule has 158 valence electrons. The van der Waals surface area contributed by atoms with E-state index in [1.165, 1.54) is 35.7 Å². The smallest absolute Gasteiger partial charge is 0.306 e. The van der Waals surface area contributed by atoms with Gasteiger partial charge in [-0.15, -0.1) is 0 Å². The molecule has 2 saturated carbocycles. The van der Waals surface area contributed by atoms with Crippen molar-refractivity contribution in [2.45, 2.75) is 49.8 Å². The predicted octanol–water partition coefficient (Wildman–Crippen LogP) is 2.78. The first-order valence-electron chi connectivity index (χ1n) is 10.5. The van der Waals surface area contributed by atoms with Gasteiger partial charge in [0, 0.05) is 25.2 Å². The molecule has 2 aliphatic carbocycles. The number of ether oxygens (including phenoxy) is 1. The van der Waals surface area contributed by atoms with E-state index in [1.54, 1.807) is 12.1 Å². The summed E-state index contributed by atoms with van der Waals surface area (Å²) in [4.78, 5) is 24.3. The zero-order valence-corrected chi connectivity index (χ0v) is 17.3. The van der Waals surface area contributed by atoms with E-state index in [1.807, 2.05) is 0 Å². The first-order valence-corrected chi connectivity index (χ1v) is 11.9. The summed E-state index contributed by atoms with van der Waals surface area (Å²) < 4.78 is 31.7. The zero-order chi connectivity index (χ0) is 20.4. The molecule has 7 nitrogen and oxygen atoms in total. The molecule has 4 rings (SSSR count). The Balaban J connectivity index is 1.23. The van der Waals surface area contributed by atoms with Gasteiger partial charge >= 0.3 is 5.97 Å². The number of esters is 1. The number of benzene rings is 1. The van der Waals surface area contributed by atoms with Gasteiger partial charge in [-0.25, -0.2) is 8.42 Å². The fourth-order valence-electron chi connectivity index (χ4n) is 5.03. The van der Waals surface area contributed by atoms with E-state index < -0.39 is 15.9 Å². The molecule has 0 aromatic heterocycles. The van der Waals surface area contributed by atoms with Crippen molar-refractivity contribution in [2.24, 2.45) is 17.8 Å². The number of hydrogen-bond donors (Lipinski definition) is 1. The summed E-state index contributed by atoms with van der Waals surface area (Å²) in [6, 6.07) is 6.09. The van der Waals surface area contributed by atoms with Crippen molar-refractivity contribution in [2.75, 3.05) is 25.0 Å². The number of anilines is 1. The SMILES string of the molecule is O=C(COC(=O)C[C@H]1C[C@H]2CC[C@@H]1C2)Nc1ccc(S(=O)(=O)N2CCCC2)cc1. The first kappa shape index (κ1) is 20.3. The molecule has 29 heavy (non-hydrogen) atoms. The third kappa shape index (κ3) is 4.64. The zero-order valence-electron chi connectivity index (χ0n) is 16.5. The molecule has 3 aliphatic rings. The predicted molar refractivity (Wildman–Crippen MR) is 108 cm³/mol. The number of amides is 1. The largest absolute Gasteiger partial charge is 0.456 e. The lowest BCUT2D eigenvalue weighted by atomic mass is 9.86. The topological polar surface area (TPSA) is 92.8 Å². The van der Waals surface area contributed by atoms with E-state index in [0.29, 0.717) is 37.0 Å². The molecule has 1 aliphatic heterocycles. The van der Waals surface area contributed by atoms with Gasteiger partial charge in [-0.1, -0.05) is 6.42 Å². The van der Waals surface area contributed by atoms with E-state index in [2.05, 4.69) is 5.32 Å². The number of nitrogens with zero attached hydrogens (tertiary/aromatic N) is 1. The maximum absolute atomic E-state index is 12.5. The summed E-state index contributed by atoms with van der Waals surface area (Å²) in [5.74, 6) is 1.09. The van der Waals surface area contributed by atoms with E-state index in [4.69, 9.17) is 4.74 Å². The Morgan fingerprint density at radius 3 is 2.41 bits per heavy atom. The number of rotatable bonds is 7. The van der Waals surface area contributed by atoms with Crippen molar-refractivity contribution in [3.63, 3.8) is 0 Å². The van der Waals surface area contributed by atoms with Crippen molar-refractivity contribution in [3.8, 4) is 0 Å². The number of nitrogens with one attached hydrogen (secondary N) is 1. The van der Waals surface area contributed by atoms with Crippen molar-refractivity contribution < 1.29 is 22.7 Å². The Labute approximate surface area is 171 Å². The second-order valence-electron chi connectivity index (χ2n) is 8.48. The molecule has 1 saturated heterocycles. The van der Waals surface area contributed by atoms with Crippen LogP contribution in [0.3, 0.4) is 0 Å². The summed E-state index contributed by atoms with van der Waals surface area (Å²) in [7, 11) is -3.47. The maximum Gasteiger partial charge on any atom is 0.306 e. The first-order chi connectivity index (χ1) is 13.9. The summed E-state index contributed by atoms with van der Waals surface area (Å²) >= 11 is 0. The summed E-state index contributed by atoms with van der Waals surface area (Å²) in [5, 5.41) is 2.64. The van der Waals surface area contributed by atoms with Crippen LogP contribution in [0.5, 0.6) is 0 Å². The molecular formula is C21H28N2O5S. The van der Waals surface area contributed by atoms with Crippen LogP contribution in [0.4, 0.5) is 5.69 Å². The van der Waals surface area contributed by atoms with Gasteiger partial charge in [-0.3, -0.25) is 9.59 Å². The highest BCUT2D eigenvalue weighted by Gasteiger charge is 2.40. The van der Waals surface area contributed by atoms with Gasteiger partial charge in [0.2, 0.25) is 10.0 Å². The monoisotopic (exact) mass is 420 g/mol. The molecule has 1 aromatic carbocycles. The molecule has 3 fully saturated rings. The Kier molecular flexibility index (Phi) is 5.92. The van der Waals surface area contributed by atoms with Gasteiger partial charge in [0.15, 0.2) is 6.61 Å². The third-order valence-corrected chi connectivity index (χ3v) is 8.43. The van der Waals surface area contributed by atoms with Crippen LogP contribution in [0.1, 0.15) is 44.9 Å². The second kappa shape index (κ2) is 8.44. The molecule has 1 amide bonds. The van der Waals surface area contributed by atoms with Gasteiger partial charge in [-0.05, 0) is 74.1 Å². The molecular weight excluding hydrogens is 392 g/mol. The summed E-state index contributed by atoms with van der Waals surface area (Å²) in [5.41, 5.74) is 0.472. The summed E-state index contributed by atoms with van der Waals surface area (Å²) in [6.45, 7) is 0.774. The third-order valence-electron chi connectivity index (χ3n) is 6.52. The van der Waals surface area contributed by atoms with Crippen LogP contribution in [-0.4, -0.2) is 44.3 Å². The average molecular weight is 421 g/mol. The Morgan fingerprint density at radius 2 is 1.79 bits per heavy atom. The van der Waals surface area contributed by atoms with Crippen LogP contribution in [0.2, 0.25) is 0 Å². The van der Waals surface area contributed by atoms with Gasteiger partial charge in [0.05, 0.1) is 4.90 Å². The maximum atomic E-state index is 12.5. The number of carbonyl (C=O) groups is 2. The fourth-order valence-corrected chi connectivity index (χ4v) is 6.55. The lowest BCUT2D eigenvalue weighted by molar-refractivity contribution is -0.148. The van der Waals surface area contributed by atoms with Gasteiger partial charge < -0.3 is 10.1 Å². The van der Waals surface area contributed by atoms with Crippen molar-refractivity contribution in [1.29, 1.82) is 0 Å². The van der Waals surface area contributed by atoms with Crippen LogP contribution in [0.15, 0.2) is 29.2 Å². The molecule has 0 radical (unpaired) electrons. The molecule has 0 spiro atoms. The Morgan fingerprint density at radius 1 is 1.07 bits per heavy atom. The normalized spacial score (nSPS) is 26.6. The van der Waals surface area contributed by atoms with E-state index in [0.717, 1.165) is 25.2 Å². The minimum atomic E-state index is -3.47. The van der Waals surface area contributed by atoms with E-state index in [-0.39, 0.29) is 17.5 Å². The molecule has 2 bridgehead atoms. The highest BCUT2D eigenvalue weighted by atomic mass is 32.2. The lowest BCUT2D eigenvalue weighted by Gasteiger charge is -2.20. The number of sulfonamides is 1. The van der Waals surface area contributed by atoms with Gasteiger partial charge in [-0.2, -0.15) is 4.31 Å². The molecule has 1 aromatic rings. The number of hydrogen-bond acceptors (Lipinski definition) is 5. The van der Waals surface area contributed by atoms with E-state index in [9.17, 15) is 18.0 Å². The van der Waals surface area contributed by atoms with Crippen molar-refractivity contribution in [1.82, 2.24) is 4.31 Å². The molecule has 8 heteroatoms. The average Bonchev–Trinajstić information content (AvgIpc) is 3.45. The Hall–Kier alpha value is -1.93. The standard InChI is InChI=1S/C21H28N2O5S/c24-20(14-28-21(25)13-17-12-15-3-4-16(17)11-15)22-18-5-7-19(8-6-18)29(26,27)23-9-1-2-10-23/h5-8,15-17H,1-4,9-14H2,(H,22,24)/t15-,16+,17+/m0/s1. The van der Waals surface area contributed by atoms with Crippen LogP contribution >= 0.6 is 0 Å². The quantitative estimate of drug-likeness (QED) is 0.685. The van der Waals surface area contributed by atoms with Crippen LogP contribution in [0, 0.1) is 17.8 Å². The highest BCUT2D eigenvalue weighted by molar-refractivity contribution is 7.89. The fraction of sp³-hybridized carbons (Fsp3) is 0.619. The minimum absolute atomic E-state index is 0.217. The number of fused-ring (bicyclic) bond motifs is 2. The molecule has 3 atom stereocenters. The van der Waals surface area contributed by atoms with E-state index >= 15 is 0 Å². The lowest BCUT2D eigenvalue weighted by Crippen LogP contribution is -2.27.